The normalized spacial score (nSPS) is 19.4. The Morgan fingerprint density at radius 3 is 2.14 bits per heavy atom. The number of fused-ring (bicyclic) bond motifs is 5. The van der Waals surface area contributed by atoms with Crippen LogP contribution in [0, 0.1) is 6.92 Å². The number of anilines is 1. The quantitative estimate of drug-likeness (QED) is 0.208. The first-order chi connectivity index (χ1) is 21.6. The smallest absolute Gasteiger partial charge is 0.0853 e. The van der Waals surface area contributed by atoms with Gasteiger partial charge in [0.1, 0.15) is 0 Å². The number of aryl methyl sites for hydroxylation is 1. The van der Waals surface area contributed by atoms with Gasteiger partial charge in [-0.05, 0) is 85.1 Å². The molecule has 1 atom stereocenters. The summed E-state index contributed by atoms with van der Waals surface area (Å²) >= 11 is 0. The predicted octanol–water partition coefficient (Wildman–Crippen LogP) is 10.6. The van der Waals surface area contributed by atoms with Crippen LogP contribution in [0.3, 0.4) is 0 Å². The third-order valence-electron chi connectivity index (χ3n) is 8.58. The van der Waals surface area contributed by atoms with E-state index in [9.17, 15) is 0 Å². The van der Waals surface area contributed by atoms with Crippen molar-refractivity contribution in [1.82, 2.24) is 9.29 Å². The Kier molecular flexibility index (Phi) is 7.23. The van der Waals surface area contributed by atoms with Gasteiger partial charge in [-0.15, -0.1) is 0 Å². The van der Waals surface area contributed by atoms with Crippen LogP contribution in [0.5, 0.6) is 0 Å². The Morgan fingerprint density at radius 1 is 0.886 bits per heavy atom. The molecule has 0 amide bonds. The molecule has 0 fully saturated rings. The average Bonchev–Trinajstić information content (AvgIpc) is 3.53. The van der Waals surface area contributed by atoms with E-state index < -0.39 is 10.4 Å². The van der Waals surface area contributed by atoms with Crippen molar-refractivity contribution < 1.29 is 0 Å². The largest absolute Gasteiger partial charge is 0.301 e. The Labute approximate surface area is 263 Å². The van der Waals surface area contributed by atoms with E-state index in [1.54, 1.807) is 0 Å². The standard InChI is InChI=1S/C40H37N3S/c1-5-11-31(12-6-2)39-40(32-25-27-41-28-26-32)43(34-23-19-30(4)20-24-34)44(42(39)33-21-17-29(3)18-22-33)37-15-9-7-13-35(37)36-14-8-10-16-38(36)44/h5-21,23-28,33H,1,22H2,2-4H3/b12-6-,31-11+. The maximum atomic E-state index is 4.44. The van der Waals surface area contributed by atoms with Gasteiger partial charge in [-0.2, -0.15) is 0 Å². The van der Waals surface area contributed by atoms with E-state index in [4.69, 9.17) is 0 Å². The van der Waals surface area contributed by atoms with Gasteiger partial charge in [0.2, 0.25) is 0 Å². The molecule has 1 spiro atoms. The number of pyridine rings is 1. The molecule has 2 aliphatic heterocycles. The van der Waals surface area contributed by atoms with Gasteiger partial charge in [0.15, 0.2) is 0 Å². The minimum Gasteiger partial charge on any atom is -0.301 e. The zero-order valence-electron chi connectivity index (χ0n) is 25.5. The van der Waals surface area contributed by atoms with E-state index in [1.807, 2.05) is 18.5 Å². The average molecular weight is 592 g/mol. The van der Waals surface area contributed by atoms with E-state index in [-0.39, 0.29) is 6.04 Å². The zero-order chi connectivity index (χ0) is 30.3. The fourth-order valence-electron chi connectivity index (χ4n) is 6.72. The number of hydrogen-bond donors (Lipinski definition) is 0. The van der Waals surface area contributed by atoms with Crippen molar-refractivity contribution in [3.63, 3.8) is 0 Å². The lowest BCUT2D eigenvalue weighted by Crippen LogP contribution is -2.38. The van der Waals surface area contributed by atoms with Gasteiger partial charge in [-0.1, -0.05) is 109 Å². The summed E-state index contributed by atoms with van der Waals surface area (Å²) < 4.78 is 5.46. The molecule has 0 N–H and O–H groups in total. The maximum Gasteiger partial charge on any atom is 0.0853 e. The molecule has 3 nitrogen and oxygen atoms in total. The highest BCUT2D eigenvalue weighted by atomic mass is 32.3. The monoisotopic (exact) mass is 591 g/mol. The fourth-order valence-corrected chi connectivity index (χ4v) is 11.3. The molecule has 1 aliphatic carbocycles. The number of hydrogen-bond acceptors (Lipinski definition) is 3. The van der Waals surface area contributed by atoms with Crippen molar-refractivity contribution in [2.75, 3.05) is 4.31 Å². The number of aromatic nitrogens is 1. The van der Waals surface area contributed by atoms with Crippen molar-refractivity contribution in [3.8, 4) is 11.1 Å². The first-order valence-corrected chi connectivity index (χ1v) is 16.8. The second-order valence-electron chi connectivity index (χ2n) is 11.4. The van der Waals surface area contributed by atoms with Crippen LogP contribution in [-0.2, 0) is 0 Å². The highest BCUT2D eigenvalue weighted by Gasteiger charge is 2.57. The summed E-state index contributed by atoms with van der Waals surface area (Å²) in [6, 6.07) is 31.6. The predicted molar refractivity (Wildman–Crippen MR) is 187 cm³/mol. The molecule has 0 saturated heterocycles. The lowest BCUT2D eigenvalue weighted by atomic mass is 10.00. The molecule has 3 heterocycles. The SMILES string of the molecule is C=C/C=C(\C=C/C)C1=C(c2ccncc2)N(c2ccc(C)cc2)S2(c3ccccc3-c3ccccc32)N1C1C=CC(C)=CC1. The summed E-state index contributed by atoms with van der Waals surface area (Å²) in [5.74, 6) is 0. The summed E-state index contributed by atoms with van der Waals surface area (Å²) in [6.45, 7) is 10.6. The summed E-state index contributed by atoms with van der Waals surface area (Å²) in [5, 5.41) is 0. The van der Waals surface area contributed by atoms with Crippen LogP contribution in [0.1, 0.15) is 31.4 Å². The molecule has 218 valence electrons. The fraction of sp³-hybridized carbons (Fsp3) is 0.125. The van der Waals surface area contributed by atoms with Gasteiger partial charge in [0, 0.05) is 33.3 Å². The van der Waals surface area contributed by atoms with Crippen LogP contribution >= 0.6 is 10.4 Å². The van der Waals surface area contributed by atoms with Crippen molar-refractivity contribution in [1.29, 1.82) is 0 Å². The van der Waals surface area contributed by atoms with Crippen LogP contribution in [0.25, 0.3) is 16.8 Å². The molecule has 3 aromatic carbocycles. The Bertz CT molecular complexity index is 1850. The molecule has 0 radical (unpaired) electrons. The van der Waals surface area contributed by atoms with Crippen molar-refractivity contribution in [2.24, 2.45) is 0 Å². The van der Waals surface area contributed by atoms with Gasteiger partial charge in [0.05, 0.1) is 23.1 Å². The third-order valence-corrected chi connectivity index (χ3v) is 12.5. The molecule has 4 aromatic rings. The number of nitrogens with zero attached hydrogens (tertiary/aromatic N) is 3. The van der Waals surface area contributed by atoms with Gasteiger partial charge in [-0.25, -0.2) is 0 Å². The van der Waals surface area contributed by atoms with Crippen LogP contribution in [0.4, 0.5) is 5.69 Å². The highest BCUT2D eigenvalue weighted by molar-refractivity contribution is 8.34. The first kappa shape index (κ1) is 28.0. The number of allylic oxidation sites excluding steroid dienone is 6. The molecule has 4 heteroatoms. The summed E-state index contributed by atoms with van der Waals surface area (Å²) in [7, 11) is -2.05. The molecule has 1 aromatic heterocycles. The van der Waals surface area contributed by atoms with Gasteiger partial charge >= 0.3 is 0 Å². The van der Waals surface area contributed by atoms with Crippen LogP contribution in [0.2, 0.25) is 0 Å². The Balaban J connectivity index is 1.69. The molecule has 0 saturated carbocycles. The molecule has 7 rings (SSSR count). The molecule has 44 heavy (non-hydrogen) atoms. The van der Waals surface area contributed by atoms with E-state index in [0.29, 0.717) is 0 Å². The van der Waals surface area contributed by atoms with E-state index in [2.05, 4.69) is 162 Å². The van der Waals surface area contributed by atoms with Crippen LogP contribution < -0.4 is 4.31 Å². The maximum absolute atomic E-state index is 4.44. The van der Waals surface area contributed by atoms with Gasteiger partial charge < -0.3 is 4.31 Å². The lowest BCUT2D eigenvalue weighted by Gasteiger charge is -2.53. The molecule has 1 unspecified atom stereocenters. The van der Waals surface area contributed by atoms with Gasteiger partial charge in [-0.3, -0.25) is 9.29 Å². The minimum atomic E-state index is -2.05. The molecular formula is C40H37N3S. The lowest BCUT2D eigenvalue weighted by molar-refractivity contribution is 0.485. The summed E-state index contributed by atoms with van der Waals surface area (Å²) in [4.78, 5) is 7.16. The Hall–Kier alpha value is -4.80. The molecular weight excluding hydrogens is 555 g/mol. The Morgan fingerprint density at radius 2 is 1.55 bits per heavy atom. The highest BCUT2D eigenvalue weighted by Crippen LogP contribution is 2.81. The van der Waals surface area contributed by atoms with E-state index in [0.717, 1.165) is 17.6 Å². The van der Waals surface area contributed by atoms with Crippen LogP contribution in [0.15, 0.2) is 173 Å². The second-order valence-corrected chi connectivity index (χ2v) is 14.1. The van der Waals surface area contributed by atoms with Crippen molar-refractivity contribution in [3.05, 3.63) is 174 Å². The summed E-state index contributed by atoms with van der Waals surface area (Å²) in [6.07, 6.45) is 20.3. The number of rotatable bonds is 6. The van der Waals surface area contributed by atoms with Crippen molar-refractivity contribution in [2.45, 2.75) is 43.0 Å². The zero-order valence-corrected chi connectivity index (χ0v) is 26.3. The van der Waals surface area contributed by atoms with E-state index >= 15 is 0 Å². The number of benzene rings is 3. The molecule has 3 aliphatic rings. The topological polar surface area (TPSA) is 19.4 Å². The van der Waals surface area contributed by atoms with Crippen molar-refractivity contribution >= 4 is 21.8 Å². The summed E-state index contributed by atoms with van der Waals surface area (Å²) in [5.41, 5.74) is 11.0. The third kappa shape index (κ3) is 4.24. The minimum absolute atomic E-state index is 0.133. The first-order valence-electron chi connectivity index (χ1n) is 15.2. The molecule has 0 bridgehead atoms. The second kappa shape index (κ2) is 11.4. The van der Waals surface area contributed by atoms with Gasteiger partial charge in [0.25, 0.3) is 0 Å². The van der Waals surface area contributed by atoms with E-state index in [1.165, 1.54) is 49.1 Å². The van der Waals surface area contributed by atoms with Crippen LogP contribution in [-0.4, -0.2) is 15.3 Å².